The number of carbonyl (C=O) groups is 2. The molecule has 0 radical (unpaired) electrons. The van der Waals surface area contributed by atoms with Crippen LogP contribution in [0.4, 0.5) is 0 Å². The third kappa shape index (κ3) is 4.14. The van der Waals surface area contributed by atoms with E-state index in [4.69, 9.17) is 0 Å². The summed E-state index contributed by atoms with van der Waals surface area (Å²) in [5.74, 6) is 0.0161. The summed E-state index contributed by atoms with van der Waals surface area (Å²) < 4.78 is 1.57. The highest BCUT2D eigenvalue weighted by Gasteiger charge is 2.34. The number of amides is 2. The standard InChI is InChI=1S/C19H28N4O3/c1-13-11-14(2)22(19(26)21-13)10-9-20-18(25)15-7-8-17(24)23(12-15)16-5-3-4-6-16/h11,15-16H,3-10,12H2,1-2H3,(H,20,25)/t15-/m0/s1. The summed E-state index contributed by atoms with van der Waals surface area (Å²) in [5.41, 5.74) is 1.26. The van der Waals surface area contributed by atoms with E-state index in [1.807, 2.05) is 17.9 Å². The minimum atomic E-state index is -0.285. The van der Waals surface area contributed by atoms with Crippen LogP contribution in [-0.4, -0.2) is 45.4 Å². The molecule has 0 spiro atoms. The van der Waals surface area contributed by atoms with E-state index in [9.17, 15) is 14.4 Å². The van der Waals surface area contributed by atoms with Crippen LogP contribution in [0.3, 0.4) is 0 Å². The molecule has 26 heavy (non-hydrogen) atoms. The van der Waals surface area contributed by atoms with Gasteiger partial charge in [0.05, 0.1) is 5.92 Å². The van der Waals surface area contributed by atoms with Gasteiger partial charge in [0.15, 0.2) is 0 Å². The van der Waals surface area contributed by atoms with Crippen molar-refractivity contribution in [1.82, 2.24) is 19.8 Å². The van der Waals surface area contributed by atoms with Gasteiger partial charge in [-0.1, -0.05) is 12.8 Å². The van der Waals surface area contributed by atoms with Crippen molar-refractivity contribution >= 4 is 11.8 Å². The van der Waals surface area contributed by atoms with Crippen LogP contribution in [0.1, 0.15) is 49.9 Å². The van der Waals surface area contributed by atoms with Crippen LogP contribution in [0, 0.1) is 19.8 Å². The first-order valence-electron chi connectivity index (χ1n) is 9.58. The van der Waals surface area contributed by atoms with Crippen molar-refractivity contribution in [2.45, 2.75) is 65.0 Å². The zero-order valence-electron chi connectivity index (χ0n) is 15.7. The van der Waals surface area contributed by atoms with Gasteiger partial charge in [0.25, 0.3) is 0 Å². The molecule has 0 unspecified atom stereocenters. The zero-order valence-corrected chi connectivity index (χ0v) is 15.7. The maximum absolute atomic E-state index is 12.5. The molecule has 1 saturated carbocycles. The van der Waals surface area contributed by atoms with Crippen LogP contribution in [-0.2, 0) is 16.1 Å². The Kier molecular flexibility index (Phi) is 5.74. The van der Waals surface area contributed by atoms with E-state index in [-0.39, 0.29) is 23.4 Å². The van der Waals surface area contributed by atoms with Crippen LogP contribution in [0.5, 0.6) is 0 Å². The predicted molar refractivity (Wildman–Crippen MR) is 97.7 cm³/mol. The molecule has 3 rings (SSSR count). The first kappa shape index (κ1) is 18.6. The molecule has 2 fully saturated rings. The lowest BCUT2D eigenvalue weighted by atomic mass is 9.95. The summed E-state index contributed by atoms with van der Waals surface area (Å²) in [4.78, 5) is 42.6. The smallest absolute Gasteiger partial charge is 0.348 e. The Balaban J connectivity index is 1.53. The Morgan fingerprint density at radius 3 is 2.65 bits per heavy atom. The van der Waals surface area contributed by atoms with Crippen LogP contribution < -0.4 is 11.0 Å². The van der Waals surface area contributed by atoms with Gasteiger partial charge in [-0.25, -0.2) is 4.79 Å². The Hall–Kier alpha value is -2.18. The molecule has 7 nitrogen and oxygen atoms in total. The third-order valence-corrected chi connectivity index (χ3v) is 5.56. The fraction of sp³-hybridized carbons (Fsp3) is 0.684. The fourth-order valence-corrected chi connectivity index (χ4v) is 4.14. The summed E-state index contributed by atoms with van der Waals surface area (Å²) in [5, 5.41) is 2.93. The van der Waals surface area contributed by atoms with Crippen LogP contribution >= 0.6 is 0 Å². The van der Waals surface area contributed by atoms with Crippen LogP contribution in [0.15, 0.2) is 10.9 Å². The van der Waals surface area contributed by atoms with E-state index >= 15 is 0 Å². The molecule has 1 N–H and O–H groups in total. The summed E-state index contributed by atoms with van der Waals surface area (Å²) in [6.07, 6.45) is 5.52. The van der Waals surface area contributed by atoms with Gasteiger partial charge in [-0.15, -0.1) is 0 Å². The van der Waals surface area contributed by atoms with E-state index in [1.165, 1.54) is 12.8 Å². The quantitative estimate of drug-likeness (QED) is 0.854. The number of nitrogens with zero attached hydrogens (tertiary/aromatic N) is 3. The van der Waals surface area contributed by atoms with E-state index in [0.29, 0.717) is 44.2 Å². The summed E-state index contributed by atoms with van der Waals surface area (Å²) in [6, 6.07) is 2.17. The lowest BCUT2D eigenvalue weighted by molar-refractivity contribution is -0.140. The maximum atomic E-state index is 12.5. The van der Waals surface area contributed by atoms with Crippen molar-refractivity contribution in [1.29, 1.82) is 0 Å². The number of aromatic nitrogens is 2. The van der Waals surface area contributed by atoms with E-state index in [2.05, 4.69) is 10.3 Å². The second kappa shape index (κ2) is 8.01. The molecule has 7 heteroatoms. The third-order valence-electron chi connectivity index (χ3n) is 5.56. The molecular weight excluding hydrogens is 332 g/mol. The molecule has 2 amide bonds. The number of likely N-dealkylation sites (tertiary alicyclic amines) is 1. The minimum absolute atomic E-state index is 0.0220. The SMILES string of the molecule is Cc1cc(C)n(CCNC(=O)[C@H]2CCC(=O)N(C3CCCC3)C2)c(=O)n1. The Morgan fingerprint density at radius 2 is 1.96 bits per heavy atom. The van der Waals surface area contributed by atoms with Crippen molar-refractivity contribution in [3.8, 4) is 0 Å². The molecule has 1 aromatic rings. The monoisotopic (exact) mass is 360 g/mol. The van der Waals surface area contributed by atoms with E-state index in [0.717, 1.165) is 18.5 Å². The lowest BCUT2D eigenvalue weighted by Crippen LogP contribution is -2.49. The highest BCUT2D eigenvalue weighted by molar-refractivity contribution is 5.84. The van der Waals surface area contributed by atoms with Crippen molar-refractivity contribution in [3.63, 3.8) is 0 Å². The van der Waals surface area contributed by atoms with Crippen LogP contribution in [0.2, 0.25) is 0 Å². The second-order valence-corrected chi connectivity index (χ2v) is 7.48. The topological polar surface area (TPSA) is 84.3 Å². The molecule has 1 atom stereocenters. The average molecular weight is 360 g/mol. The molecule has 142 valence electrons. The Labute approximate surface area is 153 Å². The van der Waals surface area contributed by atoms with Gasteiger partial charge in [-0.3, -0.25) is 14.2 Å². The second-order valence-electron chi connectivity index (χ2n) is 7.48. The normalized spacial score (nSPS) is 21.2. The number of carbonyl (C=O) groups excluding carboxylic acids is 2. The highest BCUT2D eigenvalue weighted by atomic mass is 16.2. The lowest BCUT2D eigenvalue weighted by Gasteiger charge is -2.36. The largest absolute Gasteiger partial charge is 0.354 e. The molecule has 0 aromatic carbocycles. The Bertz CT molecular complexity index is 737. The van der Waals surface area contributed by atoms with Gasteiger partial charge in [0.2, 0.25) is 11.8 Å². The number of piperidine rings is 1. The predicted octanol–water partition coefficient (Wildman–Crippen LogP) is 1.16. The number of nitrogens with one attached hydrogen (secondary N) is 1. The molecular formula is C19H28N4O3. The summed E-state index contributed by atoms with van der Waals surface area (Å²) in [7, 11) is 0. The van der Waals surface area contributed by atoms with Gasteiger partial charge < -0.3 is 10.2 Å². The Morgan fingerprint density at radius 1 is 1.23 bits per heavy atom. The van der Waals surface area contributed by atoms with E-state index in [1.54, 1.807) is 11.5 Å². The van der Waals surface area contributed by atoms with Gasteiger partial charge in [-0.05, 0) is 39.2 Å². The number of rotatable bonds is 5. The van der Waals surface area contributed by atoms with Crippen molar-refractivity contribution < 1.29 is 9.59 Å². The number of hydrogen-bond acceptors (Lipinski definition) is 4. The fourth-order valence-electron chi connectivity index (χ4n) is 4.14. The summed E-state index contributed by atoms with van der Waals surface area (Å²) in [6.45, 7) is 4.98. The molecule has 0 bridgehead atoms. The zero-order chi connectivity index (χ0) is 18.7. The van der Waals surface area contributed by atoms with Gasteiger partial charge >= 0.3 is 5.69 Å². The van der Waals surface area contributed by atoms with Gasteiger partial charge in [0.1, 0.15) is 0 Å². The number of hydrogen-bond donors (Lipinski definition) is 1. The molecule has 2 aliphatic rings. The van der Waals surface area contributed by atoms with Crippen molar-refractivity contribution in [2.75, 3.05) is 13.1 Å². The van der Waals surface area contributed by atoms with E-state index < -0.39 is 0 Å². The van der Waals surface area contributed by atoms with Crippen LogP contribution in [0.25, 0.3) is 0 Å². The highest BCUT2D eigenvalue weighted by Crippen LogP contribution is 2.28. The first-order valence-corrected chi connectivity index (χ1v) is 9.58. The minimum Gasteiger partial charge on any atom is -0.354 e. The van der Waals surface area contributed by atoms with Gasteiger partial charge in [0, 0.05) is 43.5 Å². The molecule has 1 aromatic heterocycles. The molecule has 1 aliphatic heterocycles. The first-order chi connectivity index (χ1) is 12.5. The molecule has 2 heterocycles. The maximum Gasteiger partial charge on any atom is 0.348 e. The van der Waals surface area contributed by atoms with Crippen molar-refractivity contribution in [2.24, 2.45) is 5.92 Å². The summed E-state index contributed by atoms with van der Waals surface area (Å²) >= 11 is 0. The van der Waals surface area contributed by atoms with Gasteiger partial charge in [-0.2, -0.15) is 4.98 Å². The van der Waals surface area contributed by atoms with Crippen molar-refractivity contribution in [3.05, 3.63) is 27.9 Å². The average Bonchev–Trinajstić information content (AvgIpc) is 3.11. The molecule has 1 aliphatic carbocycles. The molecule has 1 saturated heterocycles. The number of aryl methyl sites for hydroxylation is 2.